The van der Waals surface area contributed by atoms with Crippen molar-refractivity contribution in [2.75, 3.05) is 6.54 Å². The summed E-state index contributed by atoms with van der Waals surface area (Å²) in [6.07, 6.45) is 4.03. The third-order valence-corrected chi connectivity index (χ3v) is 4.24. The molecule has 98 valence electrons. The van der Waals surface area contributed by atoms with E-state index in [1.807, 2.05) is 41.4 Å². The van der Waals surface area contributed by atoms with Crippen LogP contribution in [0.1, 0.15) is 34.9 Å². The van der Waals surface area contributed by atoms with Crippen LogP contribution in [0.25, 0.3) is 0 Å². The molecule has 2 aromatic rings. The molecule has 1 aliphatic rings. The normalized spacial score (nSPS) is 18.8. The summed E-state index contributed by atoms with van der Waals surface area (Å²) in [6, 6.07) is 12.0. The number of benzene rings is 1. The van der Waals surface area contributed by atoms with Crippen molar-refractivity contribution >= 4 is 28.5 Å². The van der Waals surface area contributed by atoms with Gasteiger partial charge in [-0.05, 0) is 65.8 Å². The number of hydrogen-bond acceptors (Lipinski definition) is 1. The molecule has 1 saturated heterocycles. The molecule has 1 N–H and O–H groups in total. The average molecular weight is 366 g/mol. The van der Waals surface area contributed by atoms with E-state index in [1.54, 1.807) is 0 Å². The predicted molar refractivity (Wildman–Crippen MR) is 83.0 cm³/mol. The molecule has 0 spiro atoms. The van der Waals surface area contributed by atoms with Crippen LogP contribution in [-0.4, -0.2) is 22.3 Å². The van der Waals surface area contributed by atoms with Crippen LogP contribution in [0.5, 0.6) is 0 Å². The second-order valence-corrected chi connectivity index (χ2v) is 6.04. The highest BCUT2D eigenvalue weighted by molar-refractivity contribution is 14.1. The molecule has 1 aliphatic heterocycles. The molecule has 3 rings (SSSR count). The molecule has 0 radical (unpaired) electrons. The largest absolute Gasteiger partial charge is 0.363 e. The lowest BCUT2D eigenvalue weighted by Gasteiger charge is -2.24. The second-order valence-electron chi connectivity index (χ2n) is 4.79. The molecule has 0 aliphatic carbocycles. The van der Waals surface area contributed by atoms with Crippen molar-refractivity contribution in [1.82, 2.24) is 9.88 Å². The SMILES string of the molecule is O=C(c1cccc(I)c1)N1CCCC1c1ccc[nH]1. The monoisotopic (exact) mass is 366 g/mol. The highest BCUT2D eigenvalue weighted by Gasteiger charge is 2.31. The van der Waals surface area contributed by atoms with Crippen molar-refractivity contribution in [3.8, 4) is 0 Å². The number of aromatic nitrogens is 1. The smallest absolute Gasteiger partial charge is 0.254 e. The number of aromatic amines is 1. The molecular formula is C15H15IN2O. The Morgan fingerprint density at radius 1 is 1.32 bits per heavy atom. The minimum Gasteiger partial charge on any atom is -0.363 e. The zero-order chi connectivity index (χ0) is 13.2. The van der Waals surface area contributed by atoms with Crippen molar-refractivity contribution in [3.05, 3.63) is 57.4 Å². The van der Waals surface area contributed by atoms with E-state index in [9.17, 15) is 4.79 Å². The van der Waals surface area contributed by atoms with E-state index in [4.69, 9.17) is 0 Å². The molecule has 1 aromatic carbocycles. The number of amides is 1. The Morgan fingerprint density at radius 2 is 2.21 bits per heavy atom. The van der Waals surface area contributed by atoms with Gasteiger partial charge in [0.2, 0.25) is 0 Å². The van der Waals surface area contributed by atoms with Crippen LogP contribution < -0.4 is 0 Å². The van der Waals surface area contributed by atoms with Crippen LogP contribution in [-0.2, 0) is 0 Å². The van der Waals surface area contributed by atoms with Crippen LogP contribution in [0.4, 0.5) is 0 Å². The van der Waals surface area contributed by atoms with Gasteiger partial charge in [-0.15, -0.1) is 0 Å². The molecule has 1 atom stereocenters. The lowest BCUT2D eigenvalue weighted by molar-refractivity contribution is 0.0733. The standard InChI is InChI=1S/C15H15IN2O/c16-12-5-1-4-11(10-12)15(19)18-9-3-7-14(18)13-6-2-8-17-13/h1-2,4-6,8,10,14,17H,3,7,9H2. The molecular weight excluding hydrogens is 351 g/mol. The number of carbonyl (C=O) groups excluding carboxylic acids is 1. The van der Waals surface area contributed by atoms with Gasteiger partial charge in [0, 0.05) is 27.6 Å². The topological polar surface area (TPSA) is 36.1 Å². The average Bonchev–Trinajstić information content (AvgIpc) is 3.08. The number of likely N-dealkylation sites (tertiary alicyclic amines) is 1. The number of halogens is 1. The summed E-state index contributed by atoms with van der Waals surface area (Å²) < 4.78 is 1.10. The van der Waals surface area contributed by atoms with Gasteiger partial charge in [-0.2, -0.15) is 0 Å². The van der Waals surface area contributed by atoms with E-state index in [0.717, 1.165) is 34.2 Å². The Labute approximate surface area is 126 Å². The second kappa shape index (κ2) is 5.36. The van der Waals surface area contributed by atoms with E-state index in [1.165, 1.54) is 0 Å². The molecule has 3 nitrogen and oxygen atoms in total. The first-order valence-electron chi connectivity index (χ1n) is 6.45. The maximum Gasteiger partial charge on any atom is 0.254 e. The van der Waals surface area contributed by atoms with Gasteiger partial charge in [-0.1, -0.05) is 6.07 Å². The number of hydrogen-bond donors (Lipinski definition) is 1. The Balaban J connectivity index is 1.87. The number of rotatable bonds is 2. The van der Waals surface area contributed by atoms with E-state index >= 15 is 0 Å². The van der Waals surface area contributed by atoms with Crippen LogP contribution in [0, 0.1) is 3.57 Å². The first-order chi connectivity index (χ1) is 9.25. The molecule has 0 saturated carbocycles. The predicted octanol–water partition coefficient (Wildman–Crippen LogP) is 3.60. The van der Waals surface area contributed by atoms with Crippen LogP contribution in [0.15, 0.2) is 42.6 Å². The fourth-order valence-electron chi connectivity index (χ4n) is 2.67. The first kappa shape index (κ1) is 12.7. The number of carbonyl (C=O) groups is 1. The van der Waals surface area contributed by atoms with Gasteiger partial charge in [-0.25, -0.2) is 0 Å². The van der Waals surface area contributed by atoms with Gasteiger partial charge in [0.15, 0.2) is 0 Å². The van der Waals surface area contributed by atoms with Gasteiger partial charge in [0.25, 0.3) is 5.91 Å². The molecule has 19 heavy (non-hydrogen) atoms. The summed E-state index contributed by atoms with van der Waals surface area (Å²) in [6.45, 7) is 0.841. The zero-order valence-corrected chi connectivity index (χ0v) is 12.6. The molecule has 4 heteroatoms. The zero-order valence-electron chi connectivity index (χ0n) is 10.5. The quantitative estimate of drug-likeness (QED) is 0.811. The van der Waals surface area contributed by atoms with Crippen molar-refractivity contribution in [2.45, 2.75) is 18.9 Å². The molecule has 1 aromatic heterocycles. The van der Waals surface area contributed by atoms with Crippen molar-refractivity contribution in [3.63, 3.8) is 0 Å². The Kier molecular flexibility index (Phi) is 3.59. The molecule has 2 heterocycles. The maximum absolute atomic E-state index is 12.6. The van der Waals surface area contributed by atoms with Crippen LogP contribution in [0.3, 0.4) is 0 Å². The highest BCUT2D eigenvalue weighted by Crippen LogP contribution is 2.32. The first-order valence-corrected chi connectivity index (χ1v) is 7.53. The van der Waals surface area contributed by atoms with Gasteiger partial charge in [0.05, 0.1) is 6.04 Å². The van der Waals surface area contributed by atoms with E-state index in [-0.39, 0.29) is 11.9 Å². The summed E-state index contributed by atoms with van der Waals surface area (Å²) in [4.78, 5) is 17.8. The minimum absolute atomic E-state index is 0.135. The summed E-state index contributed by atoms with van der Waals surface area (Å²) in [5, 5.41) is 0. The highest BCUT2D eigenvalue weighted by atomic mass is 127. The molecule has 1 amide bonds. The number of nitrogens with zero attached hydrogens (tertiary/aromatic N) is 1. The van der Waals surface area contributed by atoms with Crippen LogP contribution >= 0.6 is 22.6 Å². The molecule has 1 unspecified atom stereocenters. The fraction of sp³-hybridized carbons (Fsp3) is 0.267. The summed E-state index contributed by atoms with van der Waals surface area (Å²) >= 11 is 2.24. The molecule has 1 fully saturated rings. The van der Waals surface area contributed by atoms with E-state index < -0.39 is 0 Å². The number of H-pyrrole nitrogens is 1. The number of nitrogens with one attached hydrogen (secondary N) is 1. The summed E-state index contributed by atoms with van der Waals surface area (Å²) in [7, 11) is 0. The third kappa shape index (κ3) is 2.54. The third-order valence-electron chi connectivity index (χ3n) is 3.57. The lowest BCUT2D eigenvalue weighted by Crippen LogP contribution is -2.30. The van der Waals surface area contributed by atoms with E-state index in [0.29, 0.717) is 0 Å². The Hall–Kier alpha value is -1.30. The maximum atomic E-state index is 12.6. The summed E-state index contributed by atoms with van der Waals surface area (Å²) in [5.41, 5.74) is 1.92. The van der Waals surface area contributed by atoms with Gasteiger partial charge < -0.3 is 9.88 Å². The fourth-order valence-corrected chi connectivity index (χ4v) is 3.22. The minimum atomic E-state index is 0.135. The molecule has 0 bridgehead atoms. The van der Waals surface area contributed by atoms with E-state index in [2.05, 4.69) is 33.6 Å². The van der Waals surface area contributed by atoms with Gasteiger partial charge in [0.1, 0.15) is 0 Å². The van der Waals surface area contributed by atoms with Crippen LogP contribution in [0.2, 0.25) is 0 Å². The summed E-state index contributed by atoms with van der Waals surface area (Å²) in [5.74, 6) is 0.135. The Bertz CT molecular complexity index is 580. The van der Waals surface area contributed by atoms with Gasteiger partial charge >= 0.3 is 0 Å². The van der Waals surface area contributed by atoms with Crippen molar-refractivity contribution in [1.29, 1.82) is 0 Å². The van der Waals surface area contributed by atoms with Crippen molar-refractivity contribution < 1.29 is 4.79 Å². The lowest BCUT2D eigenvalue weighted by atomic mass is 10.1. The Morgan fingerprint density at radius 3 is 2.95 bits per heavy atom. The van der Waals surface area contributed by atoms with Gasteiger partial charge in [-0.3, -0.25) is 4.79 Å². The van der Waals surface area contributed by atoms with Crippen molar-refractivity contribution in [2.24, 2.45) is 0 Å².